The van der Waals surface area contributed by atoms with Crippen LogP contribution in [0.5, 0.6) is 0 Å². The lowest BCUT2D eigenvalue weighted by Gasteiger charge is -2.31. The van der Waals surface area contributed by atoms with Gasteiger partial charge in [0.05, 0.1) is 6.04 Å². The van der Waals surface area contributed by atoms with Crippen molar-refractivity contribution in [3.8, 4) is 0 Å². The Morgan fingerprint density at radius 1 is 1.37 bits per heavy atom. The van der Waals surface area contributed by atoms with E-state index in [0.717, 1.165) is 12.8 Å². The summed E-state index contributed by atoms with van der Waals surface area (Å²) in [4.78, 5) is 4.11. The smallest absolute Gasteiger partial charge is 0.288 e. The van der Waals surface area contributed by atoms with Gasteiger partial charge in [-0.3, -0.25) is 0 Å². The zero-order valence-electron chi connectivity index (χ0n) is 10.7. The summed E-state index contributed by atoms with van der Waals surface area (Å²) in [6, 6.07) is 3.65. The number of halogens is 2. The molecule has 19 heavy (non-hydrogen) atoms. The third kappa shape index (κ3) is 2.23. The van der Waals surface area contributed by atoms with Crippen LogP contribution in [0.3, 0.4) is 0 Å². The van der Waals surface area contributed by atoms with Crippen molar-refractivity contribution in [2.75, 3.05) is 6.54 Å². The van der Waals surface area contributed by atoms with Crippen LogP contribution in [-0.2, 0) is 5.92 Å². The minimum Gasteiger partial charge on any atom is -0.441 e. The molecule has 1 N–H and O–H groups in total. The Hall–Kier alpha value is -1.49. The highest BCUT2D eigenvalue weighted by molar-refractivity contribution is 5.73. The Labute approximate surface area is 110 Å². The monoisotopic (exact) mass is 266 g/mol. The highest BCUT2D eigenvalue weighted by Crippen LogP contribution is 2.36. The average Bonchev–Trinajstić information content (AvgIpc) is 2.78. The van der Waals surface area contributed by atoms with Crippen LogP contribution in [0.25, 0.3) is 11.1 Å². The molecule has 3 rings (SSSR count). The van der Waals surface area contributed by atoms with Gasteiger partial charge >= 0.3 is 0 Å². The van der Waals surface area contributed by atoms with Crippen molar-refractivity contribution in [2.24, 2.45) is 0 Å². The molecule has 1 aromatic carbocycles. The Bertz CT molecular complexity index is 588. The van der Waals surface area contributed by atoms with E-state index in [9.17, 15) is 8.78 Å². The van der Waals surface area contributed by atoms with Gasteiger partial charge in [-0.15, -0.1) is 0 Å². The summed E-state index contributed by atoms with van der Waals surface area (Å²) in [5.41, 5.74) is 1.05. The van der Waals surface area contributed by atoms with Crippen molar-refractivity contribution in [1.29, 1.82) is 0 Å². The Balaban J connectivity index is 1.96. The molecule has 1 fully saturated rings. The number of aryl methyl sites for hydroxylation is 1. The highest BCUT2D eigenvalue weighted by atomic mass is 19.3. The number of alkyl halides is 2. The first-order chi connectivity index (χ1) is 9.07. The van der Waals surface area contributed by atoms with Crippen LogP contribution in [0.4, 0.5) is 8.78 Å². The van der Waals surface area contributed by atoms with Gasteiger partial charge in [-0.05, 0) is 37.6 Å². The Kier molecular flexibility index (Phi) is 3.01. The van der Waals surface area contributed by atoms with Crippen LogP contribution in [0.1, 0.15) is 30.7 Å². The summed E-state index contributed by atoms with van der Waals surface area (Å²) < 4.78 is 34.2. The molecule has 1 atom stereocenters. The largest absolute Gasteiger partial charge is 0.441 e. The second kappa shape index (κ2) is 4.56. The number of oxazole rings is 1. The molecular formula is C14H16F2N2O. The van der Waals surface area contributed by atoms with E-state index in [1.807, 2.05) is 0 Å². The number of aromatic nitrogens is 1. The van der Waals surface area contributed by atoms with Crippen molar-refractivity contribution < 1.29 is 13.2 Å². The fraction of sp³-hybridized carbons (Fsp3) is 0.500. The van der Waals surface area contributed by atoms with Gasteiger partial charge in [0.1, 0.15) is 5.52 Å². The van der Waals surface area contributed by atoms with E-state index in [1.165, 1.54) is 12.1 Å². The first kappa shape index (κ1) is 12.5. The third-order valence-corrected chi connectivity index (χ3v) is 3.63. The maximum absolute atomic E-state index is 14.5. The van der Waals surface area contributed by atoms with Gasteiger partial charge in [-0.25, -0.2) is 4.98 Å². The van der Waals surface area contributed by atoms with Crippen molar-refractivity contribution in [3.05, 3.63) is 29.7 Å². The molecule has 1 aromatic heterocycles. The van der Waals surface area contributed by atoms with Gasteiger partial charge < -0.3 is 9.73 Å². The van der Waals surface area contributed by atoms with Gasteiger partial charge in [0.15, 0.2) is 11.5 Å². The number of rotatable bonds is 2. The molecule has 3 nitrogen and oxygen atoms in total. The molecule has 0 radical (unpaired) electrons. The Morgan fingerprint density at radius 2 is 2.21 bits per heavy atom. The SMILES string of the molecule is Cc1nc2cc(C(F)(F)C3CCCCN3)ccc2o1. The maximum Gasteiger partial charge on any atom is 0.288 e. The number of hydrogen-bond acceptors (Lipinski definition) is 3. The molecule has 0 saturated carbocycles. The summed E-state index contributed by atoms with van der Waals surface area (Å²) in [6.45, 7) is 2.37. The van der Waals surface area contributed by atoms with Gasteiger partial charge in [0, 0.05) is 12.5 Å². The molecule has 1 unspecified atom stereocenters. The zero-order chi connectivity index (χ0) is 13.5. The number of nitrogens with zero attached hydrogens (tertiary/aromatic N) is 1. The molecule has 2 aromatic rings. The van der Waals surface area contributed by atoms with Gasteiger partial charge in [-0.2, -0.15) is 8.78 Å². The number of hydrogen-bond donors (Lipinski definition) is 1. The molecule has 0 amide bonds. The summed E-state index contributed by atoms with van der Waals surface area (Å²) in [5.74, 6) is -2.38. The van der Waals surface area contributed by atoms with Crippen molar-refractivity contribution in [3.63, 3.8) is 0 Å². The maximum atomic E-state index is 14.5. The number of fused-ring (bicyclic) bond motifs is 1. The summed E-state index contributed by atoms with van der Waals surface area (Å²) in [6.07, 6.45) is 2.32. The molecule has 1 saturated heterocycles. The van der Waals surface area contributed by atoms with Gasteiger partial charge in [0.2, 0.25) is 0 Å². The molecule has 2 heterocycles. The standard InChI is InChI=1S/C14H16F2N2O/c1-9-18-11-8-10(5-6-12(11)19-9)14(15,16)13-4-2-3-7-17-13/h5-6,8,13,17H,2-4,7H2,1H3. The second-order valence-corrected chi connectivity index (χ2v) is 5.04. The van der Waals surface area contributed by atoms with Crippen molar-refractivity contribution in [1.82, 2.24) is 10.3 Å². The van der Waals surface area contributed by atoms with Crippen LogP contribution in [0.15, 0.2) is 22.6 Å². The molecule has 0 aliphatic carbocycles. The number of nitrogens with one attached hydrogen (secondary N) is 1. The van der Waals surface area contributed by atoms with E-state index in [4.69, 9.17) is 4.42 Å². The van der Waals surface area contributed by atoms with Crippen molar-refractivity contribution >= 4 is 11.1 Å². The van der Waals surface area contributed by atoms with E-state index < -0.39 is 12.0 Å². The molecule has 1 aliphatic rings. The van der Waals surface area contributed by atoms with Crippen LogP contribution < -0.4 is 5.32 Å². The zero-order valence-corrected chi connectivity index (χ0v) is 10.7. The van der Waals surface area contributed by atoms with Gasteiger partial charge in [0.25, 0.3) is 5.92 Å². The number of piperidine rings is 1. The number of benzene rings is 1. The summed E-state index contributed by atoms with van der Waals surface area (Å²) >= 11 is 0. The van der Waals surface area contributed by atoms with E-state index in [-0.39, 0.29) is 5.56 Å². The predicted octanol–water partition coefficient (Wildman–Crippen LogP) is 3.37. The van der Waals surface area contributed by atoms with Crippen LogP contribution in [0, 0.1) is 6.92 Å². The summed E-state index contributed by atoms with van der Waals surface area (Å²) in [5, 5.41) is 2.92. The first-order valence-electron chi connectivity index (χ1n) is 6.56. The molecule has 1 aliphatic heterocycles. The molecule has 0 bridgehead atoms. The average molecular weight is 266 g/mol. The fourth-order valence-corrected chi connectivity index (χ4v) is 2.61. The van der Waals surface area contributed by atoms with E-state index in [2.05, 4.69) is 10.3 Å². The molecule has 5 heteroatoms. The third-order valence-electron chi connectivity index (χ3n) is 3.63. The van der Waals surface area contributed by atoms with Crippen LogP contribution >= 0.6 is 0 Å². The molecule has 102 valence electrons. The fourth-order valence-electron chi connectivity index (χ4n) is 2.61. The lowest BCUT2D eigenvalue weighted by molar-refractivity contribution is -0.0511. The summed E-state index contributed by atoms with van der Waals surface area (Å²) in [7, 11) is 0. The Morgan fingerprint density at radius 3 is 2.95 bits per heavy atom. The van der Waals surface area contributed by atoms with E-state index in [1.54, 1.807) is 13.0 Å². The predicted molar refractivity (Wildman–Crippen MR) is 68.3 cm³/mol. The minimum atomic E-state index is -2.87. The normalized spacial score (nSPS) is 20.9. The first-order valence-corrected chi connectivity index (χ1v) is 6.56. The van der Waals surface area contributed by atoms with Crippen LogP contribution in [-0.4, -0.2) is 17.6 Å². The quantitative estimate of drug-likeness (QED) is 0.905. The van der Waals surface area contributed by atoms with Crippen LogP contribution in [0.2, 0.25) is 0 Å². The molecule has 0 spiro atoms. The second-order valence-electron chi connectivity index (χ2n) is 5.04. The molecular weight excluding hydrogens is 250 g/mol. The minimum absolute atomic E-state index is 0.00713. The lowest BCUT2D eigenvalue weighted by atomic mass is 9.94. The lowest BCUT2D eigenvalue weighted by Crippen LogP contribution is -2.45. The van der Waals surface area contributed by atoms with E-state index >= 15 is 0 Å². The highest BCUT2D eigenvalue weighted by Gasteiger charge is 2.41. The van der Waals surface area contributed by atoms with Crippen molar-refractivity contribution in [2.45, 2.75) is 38.2 Å². The van der Waals surface area contributed by atoms with E-state index in [0.29, 0.717) is 30.0 Å². The van der Waals surface area contributed by atoms with Gasteiger partial charge in [-0.1, -0.05) is 6.42 Å². The topological polar surface area (TPSA) is 38.1 Å².